The average molecular weight is 410 g/mol. The Hall–Kier alpha value is -0.360. The Morgan fingerprint density at radius 3 is 1.42 bits per heavy atom. The molecular weight excluding hydrogens is 382 g/mol. The highest BCUT2D eigenvalue weighted by Crippen LogP contribution is 2.78. The van der Waals surface area contributed by atoms with Gasteiger partial charge in [0.1, 0.15) is 11.5 Å². The summed E-state index contributed by atoms with van der Waals surface area (Å²) < 4.78 is 35.9. The molecule has 0 saturated carbocycles. The molecule has 0 aliphatic heterocycles. The van der Waals surface area contributed by atoms with Crippen molar-refractivity contribution in [3.8, 4) is 0 Å². The molecule has 26 heavy (non-hydrogen) atoms. The maximum absolute atomic E-state index is 12.4. The molecule has 8 nitrogen and oxygen atoms in total. The Morgan fingerprint density at radius 1 is 0.808 bits per heavy atom. The van der Waals surface area contributed by atoms with E-state index in [1.165, 1.54) is 14.2 Å². The first-order chi connectivity index (χ1) is 11.8. The van der Waals surface area contributed by atoms with E-state index in [9.17, 15) is 28.7 Å². The third-order valence-electron chi connectivity index (χ3n) is 6.35. The fourth-order valence-electron chi connectivity index (χ4n) is 4.78. The normalized spacial score (nSPS) is 22.2. The Kier molecular flexibility index (Phi) is 6.90. The van der Waals surface area contributed by atoms with E-state index in [2.05, 4.69) is 0 Å². The van der Waals surface area contributed by atoms with Gasteiger partial charge in [-0.15, -0.1) is 0 Å². The largest absolute Gasteiger partial charge is 0.810 e. The van der Waals surface area contributed by atoms with Crippen LogP contribution in [-0.4, -0.2) is 19.1 Å². The van der Waals surface area contributed by atoms with Crippen molar-refractivity contribution in [2.75, 3.05) is 14.2 Å². The van der Waals surface area contributed by atoms with Crippen molar-refractivity contribution >= 4 is 15.2 Å². The maximum Gasteiger partial charge on any atom is 0.141 e. The van der Waals surface area contributed by atoms with Gasteiger partial charge in [0.05, 0.1) is 14.2 Å². The Labute approximate surface area is 155 Å². The number of hydrogen-bond acceptors (Lipinski definition) is 8. The van der Waals surface area contributed by atoms with Crippen LogP contribution in [0.25, 0.3) is 0 Å². The molecule has 0 fully saturated rings. The van der Waals surface area contributed by atoms with Gasteiger partial charge in [-0.05, 0) is 32.1 Å². The van der Waals surface area contributed by atoms with Gasteiger partial charge in [0.25, 0.3) is 0 Å². The van der Waals surface area contributed by atoms with Crippen molar-refractivity contribution in [1.29, 1.82) is 0 Å². The molecule has 0 N–H and O–H groups in total. The maximum atomic E-state index is 12.4. The lowest BCUT2D eigenvalue weighted by molar-refractivity contribution is -0.343. The summed E-state index contributed by atoms with van der Waals surface area (Å²) >= 11 is 0. The summed E-state index contributed by atoms with van der Waals surface area (Å²) in [6.45, 7) is 6.54. The molecule has 1 aliphatic rings. The molecule has 1 rings (SSSR count). The molecule has 0 atom stereocenters. The predicted octanol–water partition coefficient (Wildman–Crippen LogP) is 1.03. The van der Waals surface area contributed by atoms with Gasteiger partial charge in [-0.3, -0.25) is 0 Å². The van der Waals surface area contributed by atoms with E-state index in [-0.39, 0.29) is 31.4 Å². The topological polar surface area (TPSA) is 145 Å². The molecule has 0 radical (unpaired) electrons. The molecule has 154 valence electrons. The summed E-state index contributed by atoms with van der Waals surface area (Å²) in [7, 11) is -9.15. The zero-order valence-electron chi connectivity index (χ0n) is 16.2. The van der Waals surface area contributed by atoms with Gasteiger partial charge < -0.3 is 38.2 Å². The summed E-state index contributed by atoms with van der Waals surface area (Å²) in [6.07, 6.45) is -0.215. The van der Waals surface area contributed by atoms with Gasteiger partial charge in [-0.1, -0.05) is 42.9 Å². The van der Waals surface area contributed by atoms with Crippen molar-refractivity contribution in [1.82, 2.24) is 0 Å². The van der Waals surface area contributed by atoms with Gasteiger partial charge in [0.2, 0.25) is 0 Å². The molecule has 0 aromatic rings. The summed E-state index contributed by atoms with van der Waals surface area (Å²) in [5, 5.41) is 0. The highest BCUT2D eigenvalue weighted by molar-refractivity contribution is 7.69. The van der Waals surface area contributed by atoms with Crippen LogP contribution in [0.1, 0.15) is 59.8 Å². The molecule has 0 bridgehead atoms. The van der Waals surface area contributed by atoms with Crippen LogP contribution >= 0.6 is 15.2 Å². The Balaban J connectivity index is 4.25. The monoisotopic (exact) mass is 410 g/mol. The van der Waals surface area contributed by atoms with Crippen molar-refractivity contribution < 1.29 is 38.2 Å². The highest BCUT2D eigenvalue weighted by Gasteiger charge is 2.64. The van der Waals surface area contributed by atoms with E-state index in [0.717, 1.165) is 0 Å². The van der Waals surface area contributed by atoms with Crippen LogP contribution in [-0.2, 0) is 18.6 Å². The second-order valence-corrected chi connectivity index (χ2v) is 10.7. The zero-order valence-corrected chi connectivity index (χ0v) is 18.0. The minimum Gasteiger partial charge on any atom is -0.810 e. The van der Waals surface area contributed by atoms with E-state index in [4.69, 9.17) is 9.47 Å². The Bertz CT molecular complexity index is 615. The third kappa shape index (κ3) is 2.90. The lowest BCUT2D eigenvalue weighted by Gasteiger charge is -2.71. The predicted molar refractivity (Wildman–Crippen MR) is 89.6 cm³/mol. The number of methoxy groups -OCH3 is 2. The van der Waals surface area contributed by atoms with Crippen LogP contribution in [0.2, 0.25) is 0 Å². The molecule has 0 spiro atoms. The van der Waals surface area contributed by atoms with Crippen molar-refractivity contribution in [2.24, 2.45) is 10.8 Å². The molecule has 0 amide bonds. The first-order valence-corrected chi connectivity index (χ1v) is 11.8. The van der Waals surface area contributed by atoms with E-state index in [0.29, 0.717) is 5.76 Å². The van der Waals surface area contributed by atoms with E-state index in [1.54, 1.807) is 27.7 Å². The van der Waals surface area contributed by atoms with Crippen LogP contribution < -0.4 is 19.6 Å². The number of ether oxygens (including phenoxy) is 2. The van der Waals surface area contributed by atoms with Crippen LogP contribution in [0.15, 0.2) is 11.5 Å². The van der Waals surface area contributed by atoms with Gasteiger partial charge in [0.15, 0.2) is 0 Å². The lowest BCUT2D eigenvalue weighted by atomic mass is 9.61. The highest BCUT2D eigenvalue weighted by atomic mass is 31.2. The first kappa shape index (κ1) is 23.7. The first-order valence-electron chi connectivity index (χ1n) is 8.72. The smallest absolute Gasteiger partial charge is 0.141 e. The van der Waals surface area contributed by atoms with Gasteiger partial charge >= 0.3 is 0 Å². The zero-order chi connectivity index (χ0) is 20.6. The van der Waals surface area contributed by atoms with Gasteiger partial charge in [0, 0.05) is 15.7 Å². The fraction of sp³-hybridized carbons (Fsp3) is 0.875. The third-order valence-corrected chi connectivity index (χ3v) is 10.8. The van der Waals surface area contributed by atoms with Crippen LogP contribution in [0.4, 0.5) is 0 Å². The van der Waals surface area contributed by atoms with Gasteiger partial charge in [-0.2, -0.15) is 0 Å². The fourth-order valence-corrected chi connectivity index (χ4v) is 8.86. The van der Waals surface area contributed by atoms with E-state index in [1.807, 2.05) is 0 Å². The summed E-state index contributed by atoms with van der Waals surface area (Å²) in [5.41, 5.74) is -2.91. The molecule has 0 unspecified atom stereocenters. The standard InChI is InChI=1S/C16H32O8P2/c1-7-14(8-2)11-16(25(17,18)19,26(20,21)22)15(9-3,10-4)13(24-6)12(14)23-5/h7-11H2,1-6H3,(H2,17,18,19)(H2,20,21,22)/p-4. The van der Waals surface area contributed by atoms with Crippen molar-refractivity contribution in [2.45, 2.75) is 64.7 Å². The average Bonchev–Trinajstić information content (AvgIpc) is 2.57. The van der Waals surface area contributed by atoms with Crippen LogP contribution in [0.5, 0.6) is 0 Å². The SMILES string of the molecule is CCC1(CC)CC(P(=O)([O-])[O-])(P(=O)([O-])[O-])C(CC)(CC)C(OC)=C1OC. The molecule has 0 aromatic heterocycles. The molecule has 0 saturated heterocycles. The number of allylic oxidation sites excluding steroid dienone is 2. The summed E-state index contributed by atoms with van der Waals surface area (Å²) in [6, 6.07) is 0. The van der Waals surface area contributed by atoms with Crippen LogP contribution in [0, 0.1) is 10.8 Å². The molecular formula is C16H28O8P2-4. The quantitative estimate of drug-likeness (QED) is 0.540. The summed E-state index contributed by atoms with van der Waals surface area (Å²) in [4.78, 5) is 46.8. The van der Waals surface area contributed by atoms with Crippen molar-refractivity contribution in [3.63, 3.8) is 0 Å². The second-order valence-electron chi connectivity index (χ2n) is 6.83. The number of rotatable bonds is 8. The van der Waals surface area contributed by atoms with Gasteiger partial charge in [-0.25, -0.2) is 0 Å². The second kappa shape index (κ2) is 7.57. The summed E-state index contributed by atoms with van der Waals surface area (Å²) in [5.74, 6) is 0.282. The molecule has 0 aromatic carbocycles. The van der Waals surface area contributed by atoms with Crippen molar-refractivity contribution in [3.05, 3.63) is 11.5 Å². The molecule has 10 heteroatoms. The minimum absolute atomic E-state index is 0.0289. The van der Waals surface area contributed by atoms with E-state index < -0.39 is 37.3 Å². The van der Waals surface area contributed by atoms with Crippen LogP contribution in [0.3, 0.4) is 0 Å². The van der Waals surface area contributed by atoms with E-state index >= 15 is 0 Å². The number of hydrogen-bond donors (Lipinski definition) is 0. The minimum atomic E-state index is -5.90. The lowest BCUT2D eigenvalue weighted by Crippen LogP contribution is -2.62. The molecule has 0 heterocycles. The molecule has 1 aliphatic carbocycles. The Morgan fingerprint density at radius 2 is 1.19 bits per heavy atom.